The summed E-state index contributed by atoms with van der Waals surface area (Å²) in [6.07, 6.45) is 1.74. The second-order valence-corrected chi connectivity index (χ2v) is 8.47. The number of methoxy groups -OCH3 is 1. The lowest BCUT2D eigenvalue weighted by Crippen LogP contribution is -2.45. The monoisotopic (exact) mass is 440 g/mol. The molecule has 1 amide bonds. The van der Waals surface area contributed by atoms with Gasteiger partial charge < -0.3 is 10.1 Å². The van der Waals surface area contributed by atoms with E-state index in [0.717, 1.165) is 37.1 Å². The van der Waals surface area contributed by atoms with Gasteiger partial charge in [0, 0.05) is 30.7 Å². The number of hydrogen-bond donors (Lipinski definition) is 1. The summed E-state index contributed by atoms with van der Waals surface area (Å²) in [6.45, 7) is 4.03. The molecule has 3 aromatic rings. The van der Waals surface area contributed by atoms with Gasteiger partial charge in [-0.15, -0.1) is 0 Å². The molecular weight excluding hydrogens is 415 g/mol. The normalized spacial score (nSPS) is 16.3. The first-order valence-corrected chi connectivity index (χ1v) is 10.9. The Morgan fingerprint density at radius 1 is 1.10 bits per heavy atom. The topological polar surface area (TPSA) is 41.6 Å². The summed E-state index contributed by atoms with van der Waals surface area (Å²) in [5.41, 5.74) is 1.66. The van der Waals surface area contributed by atoms with Crippen molar-refractivity contribution in [3.05, 3.63) is 76.6 Å². The van der Waals surface area contributed by atoms with Crippen LogP contribution in [0.25, 0.3) is 10.8 Å². The molecule has 1 heterocycles. The Morgan fingerprint density at radius 2 is 1.81 bits per heavy atom. The van der Waals surface area contributed by atoms with Crippen LogP contribution in [-0.4, -0.2) is 37.0 Å². The lowest BCUT2D eigenvalue weighted by Gasteiger charge is -2.36. The molecule has 0 bridgehead atoms. The van der Waals surface area contributed by atoms with Gasteiger partial charge in [0.05, 0.1) is 12.1 Å². The Bertz CT molecular complexity index is 1100. The number of fused-ring (bicyclic) bond motifs is 1. The maximum absolute atomic E-state index is 13.3. The molecular formula is C25H26ClFN2O2. The van der Waals surface area contributed by atoms with Crippen LogP contribution in [0.4, 0.5) is 4.39 Å². The van der Waals surface area contributed by atoms with Crippen LogP contribution in [0.15, 0.2) is 54.6 Å². The van der Waals surface area contributed by atoms with E-state index in [1.807, 2.05) is 12.1 Å². The minimum Gasteiger partial charge on any atom is -0.497 e. The molecule has 0 spiro atoms. The third-order valence-electron chi connectivity index (χ3n) is 6.15. The van der Waals surface area contributed by atoms with E-state index in [9.17, 15) is 9.18 Å². The molecule has 0 saturated carbocycles. The maximum Gasteiger partial charge on any atom is 0.251 e. The van der Waals surface area contributed by atoms with Crippen LogP contribution < -0.4 is 10.1 Å². The first kappa shape index (κ1) is 21.6. The highest BCUT2D eigenvalue weighted by Gasteiger charge is 2.25. The number of carbonyl (C=O) groups is 1. The highest BCUT2D eigenvalue weighted by molar-refractivity contribution is 6.31. The van der Waals surface area contributed by atoms with Gasteiger partial charge in [-0.2, -0.15) is 0 Å². The van der Waals surface area contributed by atoms with Gasteiger partial charge in [0.25, 0.3) is 5.91 Å². The Hall–Kier alpha value is -2.63. The number of rotatable bonds is 5. The van der Waals surface area contributed by atoms with Crippen molar-refractivity contribution < 1.29 is 13.9 Å². The van der Waals surface area contributed by atoms with E-state index in [1.165, 1.54) is 29.1 Å². The Morgan fingerprint density at radius 3 is 2.52 bits per heavy atom. The molecule has 0 aromatic heterocycles. The number of piperidine rings is 1. The molecule has 31 heavy (non-hydrogen) atoms. The number of halogens is 2. The van der Waals surface area contributed by atoms with Crippen molar-refractivity contribution >= 4 is 28.3 Å². The molecule has 1 saturated heterocycles. The predicted molar refractivity (Wildman–Crippen MR) is 122 cm³/mol. The van der Waals surface area contributed by atoms with Crippen molar-refractivity contribution in [1.29, 1.82) is 0 Å². The second-order valence-electron chi connectivity index (χ2n) is 8.06. The average Bonchev–Trinajstić information content (AvgIpc) is 2.80. The zero-order chi connectivity index (χ0) is 22.0. The fraction of sp³-hybridized carbons (Fsp3) is 0.320. The summed E-state index contributed by atoms with van der Waals surface area (Å²) in [5, 5.41) is 5.38. The molecule has 4 rings (SSSR count). The van der Waals surface area contributed by atoms with E-state index < -0.39 is 5.82 Å². The van der Waals surface area contributed by atoms with Gasteiger partial charge in [-0.25, -0.2) is 4.39 Å². The molecule has 1 aliphatic rings. The SMILES string of the molecule is COc1ccc2cc(C(C)N3CCC(NC(=O)c4ccc(F)c(Cl)c4)CC3)ccc2c1. The van der Waals surface area contributed by atoms with Crippen molar-refractivity contribution in [2.45, 2.75) is 31.8 Å². The van der Waals surface area contributed by atoms with E-state index in [2.05, 4.69) is 41.4 Å². The predicted octanol–water partition coefficient (Wildman–Crippen LogP) is 5.60. The van der Waals surface area contributed by atoms with Crippen LogP contribution in [0, 0.1) is 5.82 Å². The van der Waals surface area contributed by atoms with Gasteiger partial charge in [-0.1, -0.05) is 29.8 Å². The minimum absolute atomic E-state index is 0.0369. The highest BCUT2D eigenvalue weighted by atomic mass is 35.5. The fourth-order valence-corrected chi connectivity index (χ4v) is 4.36. The Kier molecular flexibility index (Phi) is 6.44. The quantitative estimate of drug-likeness (QED) is 0.561. The summed E-state index contributed by atoms with van der Waals surface area (Å²) < 4.78 is 18.6. The number of carbonyl (C=O) groups excluding carboxylic acids is 1. The number of likely N-dealkylation sites (tertiary alicyclic amines) is 1. The van der Waals surface area contributed by atoms with Crippen LogP contribution in [0.3, 0.4) is 0 Å². The van der Waals surface area contributed by atoms with Gasteiger partial charge >= 0.3 is 0 Å². The molecule has 1 aliphatic heterocycles. The van der Waals surface area contributed by atoms with E-state index in [4.69, 9.17) is 16.3 Å². The first-order valence-electron chi connectivity index (χ1n) is 10.5. The van der Waals surface area contributed by atoms with Gasteiger partial charge in [0.2, 0.25) is 0 Å². The smallest absolute Gasteiger partial charge is 0.251 e. The molecule has 1 atom stereocenters. The van der Waals surface area contributed by atoms with Crippen LogP contribution in [0.2, 0.25) is 5.02 Å². The van der Waals surface area contributed by atoms with Crippen molar-refractivity contribution in [2.24, 2.45) is 0 Å². The molecule has 1 N–H and O–H groups in total. The van der Waals surface area contributed by atoms with Gasteiger partial charge in [-0.05, 0) is 72.5 Å². The van der Waals surface area contributed by atoms with Crippen molar-refractivity contribution in [3.8, 4) is 5.75 Å². The largest absolute Gasteiger partial charge is 0.497 e. The zero-order valence-corrected chi connectivity index (χ0v) is 18.5. The van der Waals surface area contributed by atoms with E-state index in [1.54, 1.807) is 7.11 Å². The molecule has 0 aliphatic carbocycles. The zero-order valence-electron chi connectivity index (χ0n) is 17.7. The molecule has 0 radical (unpaired) electrons. The average molecular weight is 441 g/mol. The van der Waals surface area contributed by atoms with Crippen LogP contribution >= 0.6 is 11.6 Å². The summed E-state index contributed by atoms with van der Waals surface area (Å²) in [6, 6.07) is 17.1. The molecule has 3 aromatic carbocycles. The van der Waals surface area contributed by atoms with Crippen molar-refractivity contribution in [3.63, 3.8) is 0 Å². The third kappa shape index (κ3) is 4.83. The maximum atomic E-state index is 13.3. The molecule has 1 unspecified atom stereocenters. The molecule has 4 nitrogen and oxygen atoms in total. The summed E-state index contributed by atoms with van der Waals surface area (Å²) in [7, 11) is 1.68. The van der Waals surface area contributed by atoms with Crippen molar-refractivity contribution in [1.82, 2.24) is 10.2 Å². The first-order chi connectivity index (χ1) is 14.9. The van der Waals surface area contributed by atoms with Gasteiger partial charge in [0.15, 0.2) is 0 Å². The molecule has 6 heteroatoms. The summed E-state index contributed by atoms with van der Waals surface area (Å²) in [5.74, 6) is 0.132. The molecule has 1 fully saturated rings. The van der Waals surface area contributed by atoms with Gasteiger partial charge in [0.1, 0.15) is 11.6 Å². The number of nitrogens with one attached hydrogen (secondary N) is 1. The lowest BCUT2D eigenvalue weighted by molar-refractivity contribution is 0.0896. The summed E-state index contributed by atoms with van der Waals surface area (Å²) in [4.78, 5) is 14.9. The standard InChI is InChI=1S/C25H26ClFN2O2/c1-16(17-3-4-19-14-22(31-2)7-5-18(19)13-17)29-11-9-21(10-12-29)28-25(30)20-6-8-24(27)23(26)15-20/h3-8,13-16,21H,9-12H2,1-2H3,(H,28,30). The van der Waals surface area contributed by atoms with Crippen LogP contribution in [0.5, 0.6) is 5.75 Å². The lowest BCUT2D eigenvalue weighted by atomic mass is 9.98. The fourth-order valence-electron chi connectivity index (χ4n) is 4.18. The second kappa shape index (κ2) is 9.25. The van der Waals surface area contributed by atoms with Crippen molar-refractivity contribution in [2.75, 3.05) is 20.2 Å². The van der Waals surface area contributed by atoms with Crippen LogP contribution in [-0.2, 0) is 0 Å². The minimum atomic E-state index is -0.520. The van der Waals surface area contributed by atoms with E-state index >= 15 is 0 Å². The number of ether oxygens (including phenoxy) is 1. The van der Waals surface area contributed by atoms with Gasteiger partial charge in [-0.3, -0.25) is 9.69 Å². The number of amides is 1. The van der Waals surface area contributed by atoms with E-state index in [-0.39, 0.29) is 17.0 Å². The highest BCUT2D eigenvalue weighted by Crippen LogP contribution is 2.29. The Balaban J connectivity index is 1.36. The molecule has 162 valence electrons. The van der Waals surface area contributed by atoms with Crippen LogP contribution in [0.1, 0.15) is 41.7 Å². The number of hydrogen-bond acceptors (Lipinski definition) is 3. The number of benzene rings is 3. The summed E-state index contributed by atoms with van der Waals surface area (Å²) >= 11 is 5.80. The number of nitrogens with zero attached hydrogens (tertiary/aromatic N) is 1. The Labute approximate surface area is 187 Å². The van der Waals surface area contributed by atoms with E-state index in [0.29, 0.717) is 11.6 Å². The third-order valence-corrected chi connectivity index (χ3v) is 6.44.